The molecule has 3 rings (SSSR count). The molecule has 0 fully saturated rings. The molecule has 0 aliphatic heterocycles. The van der Waals surface area contributed by atoms with Crippen molar-refractivity contribution in [2.24, 2.45) is 0 Å². The van der Waals surface area contributed by atoms with Crippen LogP contribution in [0.4, 0.5) is 0 Å². The second-order valence-corrected chi connectivity index (χ2v) is 6.83. The zero-order chi connectivity index (χ0) is 19.8. The van der Waals surface area contributed by atoms with Crippen LogP contribution in [-0.4, -0.2) is 38.9 Å². The molecule has 2 heterocycles. The summed E-state index contributed by atoms with van der Waals surface area (Å²) in [7, 11) is 0. The molecule has 146 valence electrons. The fourth-order valence-electron chi connectivity index (χ4n) is 2.55. The number of amides is 2. The molecule has 2 aromatic heterocycles. The van der Waals surface area contributed by atoms with Crippen LogP contribution in [0.1, 0.15) is 18.2 Å². The van der Waals surface area contributed by atoms with E-state index in [1.165, 1.54) is 23.6 Å². The minimum atomic E-state index is -0.283. The number of carbonyl (C=O) groups is 2. The molecule has 1 aromatic carbocycles. The van der Waals surface area contributed by atoms with Crippen LogP contribution in [0.25, 0.3) is 5.69 Å². The third-order valence-electron chi connectivity index (χ3n) is 3.97. The van der Waals surface area contributed by atoms with E-state index >= 15 is 0 Å². The Kier molecular flexibility index (Phi) is 6.85. The van der Waals surface area contributed by atoms with Gasteiger partial charge in [-0.15, -0.1) is 10.2 Å². The van der Waals surface area contributed by atoms with Gasteiger partial charge >= 0.3 is 0 Å². The Labute approximate surface area is 166 Å². The van der Waals surface area contributed by atoms with E-state index in [2.05, 4.69) is 33.8 Å². The molecule has 0 saturated carbocycles. The first-order valence-electron chi connectivity index (χ1n) is 8.84. The highest BCUT2D eigenvalue weighted by Gasteiger charge is 2.13. The molecule has 9 heteroatoms. The van der Waals surface area contributed by atoms with E-state index in [1.54, 1.807) is 18.5 Å². The number of nitrogens with one attached hydrogen (secondary N) is 2. The van der Waals surface area contributed by atoms with Crippen LogP contribution in [0.3, 0.4) is 0 Å². The number of aromatic nitrogens is 3. The van der Waals surface area contributed by atoms with Gasteiger partial charge in [-0.3, -0.25) is 14.2 Å². The second kappa shape index (κ2) is 9.75. The summed E-state index contributed by atoms with van der Waals surface area (Å²) in [6.45, 7) is 2.28. The van der Waals surface area contributed by atoms with Crippen LogP contribution in [0.2, 0.25) is 0 Å². The van der Waals surface area contributed by atoms with Crippen LogP contribution in [0.15, 0.2) is 58.6 Å². The summed E-state index contributed by atoms with van der Waals surface area (Å²) in [5.41, 5.74) is 2.16. The SMILES string of the molecule is CCc1ccccc1-n1cnnc1SCC(=O)NCC(=O)NCc1ccco1. The smallest absolute Gasteiger partial charge is 0.239 e. The summed E-state index contributed by atoms with van der Waals surface area (Å²) in [5.74, 6) is 0.256. The first kappa shape index (κ1) is 19.7. The third-order valence-corrected chi connectivity index (χ3v) is 4.91. The molecule has 0 aliphatic rings. The van der Waals surface area contributed by atoms with Crippen molar-refractivity contribution in [2.75, 3.05) is 12.3 Å². The predicted octanol–water partition coefficient (Wildman–Crippen LogP) is 1.95. The summed E-state index contributed by atoms with van der Waals surface area (Å²) < 4.78 is 7.00. The molecule has 28 heavy (non-hydrogen) atoms. The molecule has 0 unspecified atom stereocenters. The van der Waals surface area contributed by atoms with Gasteiger partial charge in [-0.05, 0) is 30.2 Å². The molecule has 8 nitrogen and oxygen atoms in total. The van der Waals surface area contributed by atoms with Gasteiger partial charge in [0.1, 0.15) is 12.1 Å². The van der Waals surface area contributed by atoms with Gasteiger partial charge in [0.25, 0.3) is 0 Å². The number of rotatable bonds is 9. The molecule has 0 radical (unpaired) electrons. The monoisotopic (exact) mass is 399 g/mol. The maximum absolute atomic E-state index is 12.1. The Morgan fingerprint density at radius 3 is 2.79 bits per heavy atom. The Morgan fingerprint density at radius 2 is 2.00 bits per heavy atom. The molecule has 0 saturated heterocycles. The first-order chi connectivity index (χ1) is 13.7. The van der Waals surface area contributed by atoms with Crippen molar-refractivity contribution >= 4 is 23.6 Å². The van der Waals surface area contributed by atoms with E-state index in [0.717, 1.165) is 12.1 Å². The van der Waals surface area contributed by atoms with Crippen LogP contribution in [-0.2, 0) is 22.6 Å². The number of carbonyl (C=O) groups excluding carboxylic acids is 2. The highest BCUT2D eigenvalue weighted by atomic mass is 32.2. The Morgan fingerprint density at radius 1 is 1.14 bits per heavy atom. The Hall–Kier alpha value is -3.07. The minimum absolute atomic E-state index is 0.0918. The van der Waals surface area contributed by atoms with Crippen LogP contribution < -0.4 is 10.6 Å². The Balaban J connectivity index is 1.47. The van der Waals surface area contributed by atoms with Gasteiger partial charge in [0, 0.05) is 0 Å². The average Bonchev–Trinajstić information content (AvgIpc) is 3.40. The lowest BCUT2D eigenvalue weighted by Crippen LogP contribution is -2.37. The predicted molar refractivity (Wildman–Crippen MR) is 105 cm³/mol. The van der Waals surface area contributed by atoms with Crippen molar-refractivity contribution in [3.05, 3.63) is 60.3 Å². The van der Waals surface area contributed by atoms with Crippen molar-refractivity contribution in [2.45, 2.75) is 25.0 Å². The van der Waals surface area contributed by atoms with Gasteiger partial charge in [-0.2, -0.15) is 0 Å². The molecule has 0 bridgehead atoms. The molecule has 2 amide bonds. The molecule has 2 N–H and O–H groups in total. The highest BCUT2D eigenvalue weighted by molar-refractivity contribution is 7.99. The summed E-state index contributed by atoms with van der Waals surface area (Å²) in [6, 6.07) is 11.5. The summed E-state index contributed by atoms with van der Waals surface area (Å²) >= 11 is 1.27. The Bertz CT molecular complexity index is 923. The van der Waals surface area contributed by atoms with Crippen LogP contribution in [0.5, 0.6) is 0 Å². The van der Waals surface area contributed by atoms with E-state index in [9.17, 15) is 9.59 Å². The fourth-order valence-corrected chi connectivity index (χ4v) is 3.31. The van der Waals surface area contributed by atoms with Crippen molar-refractivity contribution in [3.63, 3.8) is 0 Å². The largest absolute Gasteiger partial charge is 0.467 e. The zero-order valence-corrected chi connectivity index (χ0v) is 16.2. The molecule has 0 spiro atoms. The fraction of sp³-hybridized carbons (Fsp3) is 0.263. The van der Waals surface area contributed by atoms with Gasteiger partial charge in [0.05, 0.1) is 30.8 Å². The molecule has 0 aliphatic carbocycles. The quantitative estimate of drug-likeness (QED) is 0.533. The van der Waals surface area contributed by atoms with Gasteiger partial charge in [0.15, 0.2) is 5.16 Å². The topological polar surface area (TPSA) is 102 Å². The van der Waals surface area contributed by atoms with Crippen molar-refractivity contribution in [3.8, 4) is 5.69 Å². The lowest BCUT2D eigenvalue weighted by atomic mass is 10.1. The van der Waals surface area contributed by atoms with Gasteiger partial charge in [0.2, 0.25) is 11.8 Å². The van der Waals surface area contributed by atoms with Crippen molar-refractivity contribution < 1.29 is 14.0 Å². The van der Waals surface area contributed by atoms with E-state index < -0.39 is 0 Å². The summed E-state index contributed by atoms with van der Waals surface area (Å²) in [6.07, 6.45) is 4.06. The number of hydrogen-bond acceptors (Lipinski definition) is 6. The molecule has 0 atom stereocenters. The highest BCUT2D eigenvalue weighted by Crippen LogP contribution is 2.22. The van der Waals surface area contributed by atoms with Gasteiger partial charge in [-0.25, -0.2) is 0 Å². The summed E-state index contributed by atoms with van der Waals surface area (Å²) in [5, 5.41) is 14.0. The normalized spacial score (nSPS) is 10.6. The average molecular weight is 399 g/mol. The molecule has 3 aromatic rings. The van der Waals surface area contributed by atoms with Crippen LogP contribution >= 0.6 is 11.8 Å². The summed E-state index contributed by atoms with van der Waals surface area (Å²) in [4.78, 5) is 23.8. The number of thioether (sulfide) groups is 1. The third kappa shape index (κ3) is 5.23. The number of aryl methyl sites for hydroxylation is 1. The van der Waals surface area contributed by atoms with E-state index in [1.807, 2.05) is 22.8 Å². The van der Waals surface area contributed by atoms with E-state index in [-0.39, 0.29) is 30.7 Å². The standard InChI is InChI=1S/C19H21N5O3S/c1-2-14-6-3-4-8-16(14)24-13-22-23-19(24)28-12-18(26)21-11-17(25)20-10-15-7-5-9-27-15/h3-9,13H,2,10-12H2,1H3,(H,20,25)(H,21,26). The minimum Gasteiger partial charge on any atom is -0.467 e. The van der Waals surface area contributed by atoms with Gasteiger partial charge in [-0.1, -0.05) is 36.9 Å². The van der Waals surface area contributed by atoms with Crippen molar-refractivity contribution in [1.82, 2.24) is 25.4 Å². The lowest BCUT2D eigenvalue weighted by molar-refractivity contribution is -0.124. The van der Waals surface area contributed by atoms with Gasteiger partial charge < -0.3 is 15.1 Å². The number of nitrogens with zero attached hydrogens (tertiary/aromatic N) is 3. The molecular formula is C19H21N5O3S. The second-order valence-electron chi connectivity index (χ2n) is 5.89. The number of furan rings is 1. The number of hydrogen-bond donors (Lipinski definition) is 2. The number of para-hydroxylation sites is 1. The van der Waals surface area contributed by atoms with Crippen LogP contribution in [0, 0.1) is 0 Å². The maximum atomic E-state index is 12.1. The lowest BCUT2D eigenvalue weighted by Gasteiger charge is -2.10. The van der Waals surface area contributed by atoms with Crippen molar-refractivity contribution in [1.29, 1.82) is 0 Å². The number of benzene rings is 1. The zero-order valence-electron chi connectivity index (χ0n) is 15.4. The van der Waals surface area contributed by atoms with E-state index in [4.69, 9.17) is 4.42 Å². The first-order valence-corrected chi connectivity index (χ1v) is 9.82. The van der Waals surface area contributed by atoms with E-state index in [0.29, 0.717) is 10.9 Å². The molecular weight excluding hydrogens is 378 g/mol. The maximum Gasteiger partial charge on any atom is 0.239 e.